The van der Waals surface area contributed by atoms with E-state index in [9.17, 15) is 0 Å². The Kier molecular flexibility index (Phi) is 4.43. The highest BCUT2D eigenvalue weighted by Gasteiger charge is 2.14. The lowest BCUT2D eigenvalue weighted by Gasteiger charge is -2.17. The zero-order valence-electron chi connectivity index (χ0n) is 12.9. The molecule has 0 saturated carbocycles. The molecule has 106 valence electrons. The van der Waals surface area contributed by atoms with Crippen molar-refractivity contribution in [1.82, 2.24) is 0 Å². The highest BCUT2D eigenvalue weighted by atomic mass is 16.5. The molecule has 0 amide bonds. The lowest BCUT2D eigenvalue weighted by atomic mass is 9.88. The molecular formula is C18H24NO+. The van der Waals surface area contributed by atoms with Gasteiger partial charge in [0.1, 0.15) is 12.4 Å². The Balaban J connectivity index is 1.88. The molecule has 0 N–H and O–H groups in total. The number of aryl methyl sites for hydroxylation is 1. The van der Waals surface area contributed by atoms with E-state index in [1.54, 1.807) is 0 Å². The standard InChI is InChI=1S/C18H24NO/c1-15-6-5-7-17(14-15)20-13-12-19-10-8-16(9-11-19)18(2,3)4/h5-11,14H,12-13H2,1-4H3/q+1. The van der Waals surface area contributed by atoms with Crippen LogP contribution < -0.4 is 9.30 Å². The molecule has 2 aromatic rings. The molecule has 20 heavy (non-hydrogen) atoms. The number of pyridine rings is 1. The van der Waals surface area contributed by atoms with Crippen molar-refractivity contribution in [3.63, 3.8) is 0 Å². The first-order chi connectivity index (χ1) is 9.45. The van der Waals surface area contributed by atoms with Crippen molar-refractivity contribution in [2.75, 3.05) is 6.61 Å². The molecule has 0 saturated heterocycles. The van der Waals surface area contributed by atoms with Gasteiger partial charge in [-0.15, -0.1) is 0 Å². The van der Waals surface area contributed by atoms with Gasteiger partial charge < -0.3 is 4.74 Å². The molecule has 0 bridgehead atoms. The average Bonchev–Trinajstić information content (AvgIpc) is 2.38. The molecule has 1 heterocycles. The SMILES string of the molecule is Cc1cccc(OCC[n+]2ccc(C(C)(C)C)cc2)c1. The topological polar surface area (TPSA) is 13.1 Å². The molecular weight excluding hydrogens is 246 g/mol. The Morgan fingerprint density at radius 3 is 2.35 bits per heavy atom. The summed E-state index contributed by atoms with van der Waals surface area (Å²) >= 11 is 0. The summed E-state index contributed by atoms with van der Waals surface area (Å²) in [5, 5.41) is 0. The number of hydrogen-bond acceptors (Lipinski definition) is 1. The molecule has 0 unspecified atom stereocenters. The second kappa shape index (κ2) is 6.08. The van der Waals surface area contributed by atoms with Gasteiger partial charge in [0.15, 0.2) is 18.9 Å². The first-order valence-corrected chi connectivity index (χ1v) is 7.14. The van der Waals surface area contributed by atoms with E-state index in [1.165, 1.54) is 11.1 Å². The summed E-state index contributed by atoms with van der Waals surface area (Å²) in [6.45, 7) is 10.3. The quantitative estimate of drug-likeness (QED) is 0.773. The first-order valence-electron chi connectivity index (χ1n) is 7.14. The fourth-order valence-electron chi connectivity index (χ4n) is 2.08. The Morgan fingerprint density at radius 1 is 1.05 bits per heavy atom. The molecule has 0 atom stereocenters. The van der Waals surface area contributed by atoms with Gasteiger partial charge >= 0.3 is 0 Å². The minimum Gasteiger partial charge on any atom is -0.487 e. The Hall–Kier alpha value is -1.83. The number of benzene rings is 1. The Labute approximate surface area is 122 Å². The zero-order valence-corrected chi connectivity index (χ0v) is 12.9. The van der Waals surface area contributed by atoms with E-state index in [0.29, 0.717) is 6.61 Å². The second-order valence-electron chi connectivity index (χ2n) is 6.24. The van der Waals surface area contributed by atoms with Crippen molar-refractivity contribution in [2.45, 2.75) is 39.7 Å². The zero-order chi connectivity index (χ0) is 14.6. The van der Waals surface area contributed by atoms with Crippen molar-refractivity contribution in [1.29, 1.82) is 0 Å². The van der Waals surface area contributed by atoms with Crippen LogP contribution in [0.1, 0.15) is 31.9 Å². The molecule has 0 aliphatic carbocycles. The van der Waals surface area contributed by atoms with E-state index in [4.69, 9.17) is 4.74 Å². The molecule has 2 heteroatoms. The molecule has 2 rings (SSSR count). The van der Waals surface area contributed by atoms with Gasteiger partial charge in [-0.25, -0.2) is 4.57 Å². The van der Waals surface area contributed by atoms with Gasteiger partial charge in [0.25, 0.3) is 0 Å². The summed E-state index contributed by atoms with van der Waals surface area (Å²) in [5.74, 6) is 0.942. The van der Waals surface area contributed by atoms with Crippen LogP contribution in [0.25, 0.3) is 0 Å². The van der Waals surface area contributed by atoms with Crippen LogP contribution in [0.3, 0.4) is 0 Å². The normalized spacial score (nSPS) is 11.4. The largest absolute Gasteiger partial charge is 0.487 e. The molecule has 0 aliphatic rings. The highest BCUT2D eigenvalue weighted by molar-refractivity contribution is 5.27. The molecule has 0 spiro atoms. The summed E-state index contributed by atoms with van der Waals surface area (Å²) in [7, 11) is 0. The Morgan fingerprint density at radius 2 is 1.75 bits per heavy atom. The summed E-state index contributed by atoms with van der Waals surface area (Å²) in [6.07, 6.45) is 4.25. The fourth-order valence-corrected chi connectivity index (χ4v) is 2.08. The van der Waals surface area contributed by atoms with Crippen molar-refractivity contribution >= 4 is 0 Å². The first kappa shape index (κ1) is 14.6. The van der Waals surface area contributed by atoms with E-state index < -0.39 is 0 Å². The monoisotopic (exact) mass is 270 g/mol. The van der Waals surface area contributed by atoms with Crippen LogP contribution in [0.15, 0.2) is 48.8 Å². The number of rotatable bonds is 4. The molecule has 2 nitrogen and oxygen atoms in total. The maximum atomic E-state index is 5.77. The van der Waals surface area contributed by atoms with E-state index in [0.717, 1.165) is 12.3 Å². The van der Waals surface area contributed by atoms with Crippen LogP contribution in [-0.2, 0) is 12.0 Å². The van der Waals surface area contributed by atoms with Crippen molar-refractivity contribution in [3.05, 3.63) is 59.9 Å². The van der Waals surface area contributed by atoms with Crippen LogP contribution in [0, 0.1) is 6.92 Å². The van der Waals surface area contributed by atoms with E-state index in [2.05, 4.69) is 68.9 Å². The van der Waals surface area contributed by atoms with Crippen molar-refractivity contribution in [2.24, 2.45) is 0 Å². The molecule has 0 aliphatic heterocycles. The van der Waals surface area contributed by atoms with Gasteiger partial charge in [-0.05, 0) is 35.6 Å². The molecule has 1 aromatic carbocycles. The van der Waals surface area contributed by atoms with Gasteiger partial charge in [-0.1, -0.05) is 32.9 Å². The predicted molar refractivity (Wildman–Crippen MR) is 82.0 cm³/mol. The van der Waals surface area contributed by atoms with Crippen molar-refractivity contribution in [3.8, 4) is 5.75 Å². The van der Waals surface area contributed by atoms with E-state index in [1.807, 2.05) is 12.1 Å². The fraction of sp³-hybridized carbons (Fsp3) is 0.389. The molecule has 1 aromatic heterocycles. The lowest BCUT2D eigenvalue weighted by molar-refractivity contribution is -0.697. The number of hydrogen-bond donors (Lipinski definition) is 0. The lowest BCUT2D eigenvalue weighted by Crippen LogP contribution is -2.36. The third kappa shape index (κ3) is 4.09. The summed E-state index contributed by atoms with van der Waals surface area (Å²) < 4.78 is 7.93. The maximum Gasteiger partial charge on any atom is 0.182 e. The maximum absolute atomic E-state index is 5.77. The molecule has 0 fully saturated rings. The number of ether oxygens (including phenoxy) is 1. The van der Waals surface area contributed by atoms with E-state index in [-0.39, 0.29) is 5.41 Å². The molecule has 0 radical (unpaired) electrons. The predicted octanol–water partition coefficient (Wildman–Crippen LogP) is 3.66. The van der Waals surface area contributed by atoms with Crippen LogP contribution >= 0.6 is 0 Å². The summed E-state index contributed by atoms with van der Waals surface area (Å²) in [5.41, 5.74) is 2.79. The van der Waals surface area contributed by atoms with Gasteiger partial charge in [0, 0.05) is 12.1 Å². The van der Waals surface area contributed by atoms with Gasteiger partial charge in [-0.3, -0.25) is 0 Å². The smallest absolute Gasteiger partial charge is 0.182 e. The van der Waals surface area contributed by atoms with Crippen LogP contribution in [0.2, 0.25) is 0 Å². The van der Waals surface area contributed by atoms with Crippen LogP contribution in [0.4, 0.5) is 0 Å². The third-order valence-corrected chi connectivity index (χ3v) is 3.36. The Bertz CT molecular complexity index is 552. The second-order valence-corrected chi connectivity index (χ2v) is 6.24. The van der Waals surface area contributed by atoms with Gasteiger partial charge in [0.05, 0.1) is 0 Å². The number of aromatic nitrogens is 1. The van der Waals surface area contributed by atoms with Crippen molar-refractivity contribution < 1.29 is 9.30 Å². The minimum absolute atomic E-state index is 0.206. The summed E-state index contributed by atoms with van der Waals surface area (Å²) in [4.78, 5) is 0. The van der Waals surface area contributed by atoms with Crippen LogP contribution in [-0.4, -0.2) is 6.61 Å². The minimum atomic E-state index is 0.206. The summed E-state index contributed by atoms with van der Waals surface area (Å²) in [6, 6.07) is 12.5. The number of nitrogens with zero attached hydrogens (tertiary/aromatic N) is 1. The third-order valence-electron chi connectivity index (χ3n) is 3.36. The average molecular weight is 270 g/mol. The van der Waals surface area contributed by atoms with Gasteiger partial charge in [0.2, 0.25) is 0 Å². The highest BCUT2D eigenvalue weighted by Crippen LogP contribution is 2.20. The van der Waals surface area contributed by atoms with Gasteiger partial charge in [-0.2, -0.15) is 0 Å². The van der Waals surface area contributed by atoms with E-state index >= 15 is 0 Å². The van der Waals surface area contributed by atoms with Crippen LogP contribution in [0.5, 0.6) is 5.75 Å².